The van der Waals surface area contributed by atoms with Gasteiger partial charge in [0.25, 0.3) is 5.56 Å². The number of rotatable bonds is 6. The monoisotopic (exact) mass is 414 g/mol. The van der Waals surface area contributed by atoms with Gasteiger partial charge in [-0.05, 0) is 18.1 Å². The summed E-state index contributed by atoms with van der Waals surface area (Å²) in [4.78, 5) is 29.2. The first-order valence-corrected chi connectivity index (χ1v) is 10.6. The van der Waals surface area contributed by atoms with Crippen LogP contribution in [0.1, 0.15) is 13.8 Å². The Morgan fingerprint density at radius 2 is 2.11 bits per heavy atom. The van der Waals surface area contributed by atoms with Crippen LogP contribution in [0.4, 0.5) is 5.13 Å². The van der Waals surface area contributed by atoms with E-state index in [1.807, 2.05) is 36.4 Å². The van der Waals surface area contributed by atoms with Gasteiger partial charge in [-0.15, -0.1) is 21.5 Å². The first-order valence-electron chi connectivity index (χ1n) is 8.73. The number of carbonyl (C=O) groups is 1. The van der Waals surface area contributed by atoms with Crippen molar-refractivity contribution in [2.24, 2.45) is 5.92 Å². The van der Waals surface area contributed by atoms with Gasteiger partial charge in [-0.25, -0.2) is 4.98 Å². The van der Waals surface area contributed by atoms with Crippen LogP contribution in [0.3, 0.4) is 0 Å². The molecule has 10 heteroatoms. The van der Waals surface area contributed by atoms with Gasteiger partial charge < -0.3 is 5.32 Å². The lowest BCUT2D eigenvalue weighted by molar-refractivity contribution is -0.113. The molecule has 0 saturated carbocycles. The topological polar surface area (TPSA) is 94.2 Å². The number of amides is 1. The molecule has 0 bridgehead atoms. The van der Waals surface area contributed by atoms with Crippen LogP contribution in [0.2, 0.25) is 0 Å². The highest BCUT2D eigenvalue weighted by atomic mass is 32.2. The SMILES string of the molecule is CC(C)Cn1c(=O)c2ccccc2n2c(SCC(=O)Nc3nccs3)nnc12. The highest BCUT2D eigenvalue weighted by Gasteiger charge is 2.18. The van der Waals surface area contributed by atoms with Crippen molar-refractivity contribution in [3.63, 3.8) is 0 Å². The molecule has 8 nitrogen and oxygen atoms in total. The molecule has 1 N–H and O–H groups in total. The number of para-hydroxylation sites is 1. The standard InChI is InChI=1S/C18H18N6O2S2/c1-11(2)9-23-15(26)12-5-3-4-6-13(12)24-17(23)21-22-18(24)28-10-14(25)20-16-19-7-8-27-16/h3-8,11H,9-10H2,1-2H3,(H,19,20,25). The lowest BCUT2D eigenvalue weighted by Gasteiger charge is -2.12. The first-order chi connectivity index (χ1) is 13.5. The lowest BCUT2D eigenvalue weighted by Crippen LogP contribution is -2.25. The second-order valence-electron chi connectivity index (χ2n) is 6.62. The van der Waals surface area contributed by atoms with E-state index in [0.29, 0.717) is 28.0 Å². The summed E-state index contributed by atoms with van der Waals surface area (Å²) in [6, 6.07) is 7.38. The largest absolute Gasteiger partial charge is 0.301 e. The molecule has 0 aliphatic carbocycles. The predicted molar refractivity (Wildman–Crippen MR) is 111 cm³/mol. The summed E-state index contributed by atoms with van der Waals surface area (Å²) in [6.45, 7) is 4.64. The summed E-state index contributed by atoms with van der Waals surface area (Å²) in [6.07, 6.45) is 1.64. The highest BCUT2D eigenvalue weighted by Crippen LogP contribution is 2.22. The minimum atomic E-state index is -0.170. The van der Waals surface area contributed by atoms with Gasteiger partial charge in [-0.3, -0.25) is 18.6 Å². The maximum Gasteiger partial charge on any atom is 0.262 e. The summed E-state index contributed by atoms with van der Waals surface area (Å²) in [5.74, 6) is 0.758. The number of anilines is 1. The molecule has 0 fully saturated rings. The third kappa shape index (κ3) is 3.52. The van der Waals surface area contributed by atoms with Crippen LogP contribution in [-0.2, 0) is 11.3 Å². The molecule has 3 aromatic heterocycles. The van der Waals surface area contributed by atoms with E-state index in [0.717, 1.165) is 5.52 Å². The Hall–Kier alpha value is -2.72. The Morgan fingerprint density at radius 1 is 1.29 bits per heavy atom. The predicted octanol–water partition coefficient (Wildman–Crippen LogP) is 2.89. The molecule has 0 unspecified atom stereocenters. The van der Waals surface area contributed by atoms with E-state index in [1.165, 1.54) is 23.1 Å². The minimum absolute atomic E-state index is 0.0812. The molecule has 0 aliphatic rings. The number of aromatic nitrogens is 5. The molecule has 1 amide bonds. The molecule has 0 aliphatic heterocycles. The van der Waals surface area contributed by atoms with E-state index in [1.54, 1.807) is 22.2 Å². The van der Waals surface area contributed by atoms with E-state index in [9.17, 15) is 9.59 Å². The Labute approximate surface area is 168 Å². The van der Waals surface area contributed by atoms with Gasteiger partial charge in [-0.1, -0.05) is 37.7 Å². The van der Waals surface area contributed by atoms with Crippen LogP contribution in [0, 0.1) is 5.92 Å². The van der Waals surface area contributed by atoms with E-state index in [-0.39, 0.29) is 23.1 Å². The fourth-order valence-electron chi connectivity index (χ4n) is 2.93. The van der Waals surface area contributed by atoms with Crippen molar-refractivity contribution < 1.29 is 4.79 Å². The van der Waals surface area contributed by atoms with Crippen LogP contribution in [0.5, 0.6) is 0 Å². The van der Waals surface area contributed by atoms with Crippen LogP contribution < -0.4 is 10.9 Å². The molecule has 0 atom stereocenters. The number of nitrogens with one attached hydrogen (secondary N) is 1. The van der Waals surface area contributed by atoms with Crippen molar-refractivity contribution >= 4 is 50.8 Å². The van der Waals surface area contributed by atoms with Crippen molar-refractivity contribution in [3.05, 3.63) is 46.2 Å². The van der Waals surface area contributed by atoms with E-state index >= 15 is 0 Å². The second-order valence-corrected chi connectivity index (χ2v) is 8.46. The van der Waals surface area contributed by atoms with Gasteiger partial charge in [0.15, 0.2) is 10.3 Å². The van der Waals surface area contributed by atoms with Gasteiger partial charge in [-0.2, -0.15) is 0 Å². The Bertz CT molecular complexity index is 1200. The average molecular weight is 415 g/mol. The Balaban J connectivity index is 1.72. The molecule has 0 radical (unpaired) electrons. The molecule has 4 aromatic rings. The molecule has 0 saturated heterocycles. The maximum atomic E-state index is 12.9. The van der Waals surface area contributed by atoms with E-state index in [2.05, 4.69) is 20.5 Å². The molecule has 144 valence electrons. The van der Waals surface area contributed by atoms with Crippen LogP contribution in [0.25, 0.3) is 16.7 Å². The fraction of sp³-hybridized carbons (Fsp3) is 0.278. The minimum Gasteiger partial charge on any atom is -0.301 e. The molecular formula is C18H18N6O2S2. The first kappa shape index (κ1) is 18.6. The number of fused-ring (bicyclic) bond motifs is 3. The molecule has 4 rings (SSSR count). The number of carbonyl (C=O) groups excluding carboxylic acids is 1. The zero-order valence-electron chi connectivity index (χ0n) is 15.3. The van der Waals surface area contributed by atoms with Crippen molar-refractivity contribution in [3.8, 4) is 0 Å². The highest BCUT2D eigenvalue weighted by molar-refractivity contribution is 7.99. The maximum absolute atomic E-state index is 12.9. The molecule has 3 heterocycles. The number of thiazole rings is 1. The second kappa shape index (κ2) is 7.72. The van der Waals surface area contributed by atoms with E-state index < -0.39 is 0 Å². The Kier molecular flexibility index (Phi) is 5.14. The normalized spacial score (nSPS) is 11.5. The van der Waals surface area contributed by atoms with Crippen LogP contribution in [0.15, 0.2) is 45.8 Å². The average Bonchev–Trinajstić information content (AvgIpc) is 3.33. The van der Waals surface area contributed by atoms with Crippen molar-refractivity contribution in [1.82, 2.24) is 24.1 Å². The number of hydrogen-bond acceptors (Lipinski definition) is 7. The molecule has 1 aromatic carbocycles. The quantitative estimate of drug-likeness (QED) is 0.488. The van der Waals surface area contributed by atoms with Crippen LogP contribution >= 0.6 is 23.1 Å². The summed E-state index contributed by atoms with van der Waals surface area (Å²) in [5, 5.41) is 14.8. The third-order valence-corrected chi connectivity index (χ3v) is 5.65. The van der Waals surface area contributed by atoms with Crippen molar-refractivity contribution in [2.45, 2.75) is 25.5 Å². The zero-order valence-corrected chi connectivity index (χ0v) is 17.0. The number of thioether (sulfide) groups is 1. The molecular weight excluding hydrogens is 396 g/mol. The molecule has 28 heavy (non-hydrogen) atoms. The number of hydrogen-bond donors (Lipinski definition) is 1. The summed E-state index contributed by atoms with van der Waals surface area (Å²) in [5.41, 5.74) is 0.651. The lowest BCUT2D eigenvalue weighted by atomic mass is 10.2. The summed E-state index contributed by atoms with van der Waals surface area (Å²) < 4.78 is 3.50. The molecule has 0 spiro atoms. The van der Waals surface area contributed by atoms with E-state index in [4.69, 9.17) is 0 Å². The van der Waals surface area contributed by atoms with Gasteiger partial charge in [0, 0.05) is 18.1 Å². The number of benzene rings is 1. The Morgan fingerprint density at radius 3 is 2.86 bits per heavy atom. The van der Waals surface area contributed by atoms with Crippen molar-refractivity contribution in [2.75, 3.05) is 11.1 Å². The number of nitrogens with zero attached hydrogens (tertiary/aromatic N) is 5. The van der Waals surface area contributed by atoms with Crippen molar-refractivity contribution in [1.29, 1.82) is 0 Å². The third-order valence-electron chi connectivity index (χ3n) is 4.04. The van der Waals surface area contributed by atoms with Gasteiger partial charge in [0.1, 0.15) is 0 Å². The van der Waals surface area contributed by atoms with Gasteiger partial charge in [0.05, 0.1) is 16.7 Å². The fourth-order valence-corrected chi connectivity index (χ4v) is 4.21. The van der Waals surface area contributed by atoms with Gasteiger partial charge in [0.2, 0.25) is 11.7 Å². The zero-order chi connectivity index (χ0) is 19.7. The smallest absolute Gasteiger partial charge is 0.262 e. The van der Waals surface area contributed by atoms with Crippen LogP contribution in [-0.4, -0.2) is 35.8 Å². The summed E-state index contributed by atoms with van der Waals surface area (Å²) in [7, 11) is 0. The summed E-state index contributed by atoms with van der Waals surface area (Å²) >= 11 is 2.64. The van der Waals surface area contributed by atoms with Gasteiger partial charge >= 0.3 is 0 Å².